The van der Waals surface area contributed by atoms with Gasteiger partial charge in [-0.15, -0.1) is 0 Å². The number of amides is 2. The number of rotatable bonds is 8. The first-order chi connectivity index (χ1) is 10.8. The predicted molar refractivity (Wildman–Crippen MR) is 93.4 cm³/mol. The number of urea groups is 1. The highest BCUT2D eigenvalue weighted by Crippen LogP contribution is 2.25. The van der Waals surface area contributed by atoms with Gasteiger partial charge in [0.15, 0.2) is 0 Å². The lowest BCUT2D eigenvalue weighted by molar-refractivity contribution is 0.0154. The van der Waals surface area contributed by atoms with E-state index in [0.29, 0.717) is 19.8 Å². The summed E-state index contributed by atoms with van der Waals surface area (Å²) in [7, 11) is 0. The lowest BCUT2D eigenvalue weighted by atomic mass is 9.81. The maximum Gasteiger partial charge on any atom is 0.319 e. The Morgan fingerprint density at radius 1 is 1.26 bits per heavy atom. The van der Waals surface area contributed by atoms with Gasteiger partial charge in [0.25, 0.3) is 0 Å². The van der Waals surface area contributed by atoms with Crippen LogP contribution in [-0.4, -0.2) is 30.4 Å². The predicted octanol–water partition coefficient (Wildman–Crippen LogP) is 3.39. The zero-order chi connectivity index (χ0) is 17.5. The van der Waals surface area contributed by atoms with Crippen LogP contribution in [-0.2, 0) is 11.3 Å². The molecule has 0 spiro atoms. The zero-order valence-corrected chi connectivity index (χ0v) is 14.8. The molecule has 0 aliphatic carbocycles. The molecule has 0 heterocycles. The molecule has 3 N–H and O–H groups in total. The van der Waals surface area contributed by atoms with Crippen molar-refractivity contribution >= 4 is 11.7 Å². The van der Waals surface area contributed by atoms with Crippen molar-refractivity contribution in [2.75, 3.05) is 18.5 Å². The van der Waals surface area contributed by atoms with Crippen LogP contribution in [0.15, 0.2) is 24.3 Å². The Hall–Kier alpha value is -1.59. The third kappa shape index (κ3) is 6.59. The molecule has 1 unspecified atom stereocenters. The lowest BCUT2D eigenvalue weighted by Crippen LogP contribution is -2.44. The first kappa shape index (κ1) is 19.5. The molecule has 2 amide bonds. The first-order valence-electron chi connectivity index (χ1n) is 8.16. The topological polar surface area (TPSA) is 70.6 Å². The molecule has 23 heavy (non-hydrogen) atoms. The monoisotopic (exact) mass is 322 g/mol. The first-order valence-corrected chi connectivity index (χ1v) is 8.16. The summed E-state index contributed by atoms with van der Waals surface area (Å²) in [6.45, 7) is 11.4. The van der Waals surface area contributed by atoms with E-state index in [2.05, 4.69) is 10.6 Å². The maximum absolute atomic E-state index is 12.0. The van der Waals surface area contributed by atoms with Crippen LogP contribution in [0.1, 0.15) is 40.2 Å². The normalized spacial score (nSPS) is 13.0. The molecule has 0 bridgehead atoms. The van der Waals surface area contributed by atoms with E-state index in [9.17, 15) is 9.90 Å². The number of aliphatic hydroxyl groups excluding tert-OH is 1. The standard InChI is InChI=1S/C18H30N2O3/c1-6-23-11-14-7-9-15(10-8-14)20-17(22)19-12-18(4,5)16(21)13(2)3/h7-10,13,16,21H,6,11-12H2,1-5H3,(H2,19,20,22). The molecule has 1 rings (SSSR count). The number of nitrogens with one attached hydrogen (secondary N) is 2. The van der Waals surface area contributed by atoms with E-state index in [0.717, 1.165) is 11.3 Å². The van der Waals surface area contributed by atoms with E-state index in [4.69, 9.17) is 4.74 Å². The SMILES string of the molecule is CCOCc1ccc(NC(=O)NCC(C)(C)C(O)C(C)C)cc1. The molecule has 5 heteroatoms. The third-order valence-electron chi connectivity index (χ3n) is 3.82. The third-order valence-corrected chi connectivity index (χ3v) is 3.82. The minimum Gasteiger partial charge on any atom is -0.392 e. The highest BCUT2D eigenvalue weighted by Gasteiger charge is 2.30. The Balaban J connectivity index is 2.47. The molecule has 0 aromatic heterocycles. The minimum atomic E-state index is -0.472. The Morgan fingerprint density at radius 3 is 2.39 bits per heavy atom. The molecule has 1 atom stereocenters. The lowest BCUT2D eigenvalue weighted by Gasteiger charge is -2.33. The van der Waals surface area contributed by atoms with Crippen molar-refractivity contribution in [2.24, 2.45) is 11.3 Å². The fraction of sp³-hybridized carbons (Fsp3) is 0.611. The Labute approximate surface area is 139 Å². The molecule has 0 saturated heterocycles. The van der Waals surface area contributed by atoms with Crippen LogP contribution in [0.4, 0.5) is 10.5 Å². The molecular formula is C18H30N2O3. The average molecular weight is 322 g/mol. The van der Waals surface area contributed by atoms with Gasteiger partial charge in [0.1, 0.15) is 0 Å². The van der Waals surface area contributed by atoms with Gasteiger partial charge in [-0.3, -0.25) is 0 Å². The van der Waals surface area contributed by atoms with Crippen LogP contribution in [0.2, 0.25) is 0 Å². The fourth-order valence-corrected chi connectivity index (χ4v) is 2.39. The molecule has 0 radical (unpaired) electrons. The van der Waals surface area contributed by atoms with E-state index < -0.39 is 6.10 Å². The second-order valence-corrected chi connectivity index (χ2v) is 6.82. The summed E-state index contributed by atoms with van der Waals surface area (Å²) in [5.74, 6) is 0.146. The van der Waals surface area contributed by atoms with Crippen LogP contribution in [0.5, 0.6) is 0 Å². The van der Waals surface area contributed by atoms with E-state index in [1.807, 2.05) is 58.9 Å². The fourth-order valence-electron chi connectivity index (χ4n) is 2.39. The van der Waals surface area contributed by atoms with Crippen molar-refractivity contribution in [2.45, 2.75) is 47.3 Å². The van der Waals surface area contributed by atoms with Gasteiger partial charge in [0.2, 0.25) is 0 Å². The van der Waals surface area contributed by atoms with Gasteiger partial charge < -0.3 is 20.5 Å². The largest absolute Gasteiger partial charge is 0.392 e. The van der Waals surface area contributed by atoms with Crippen LogP contribution in [0.25, 0.3) is 0 Å². The molecule has 0 fully saturated rings. The van der Waals surface area contributed by atoms with Crippen molar-refractivity contribution in [3.05, 3.63) is 29.8 Å². The van der Waals surface area contributed by atoms with E-state index in [-0.39, 0.29) is 17.4 Å². The minimum absolute atomic E-state index is 0.146. The van der Waals surface area contributed by atoms with Gasteiger partial charge in [-0.1, -0.05) is 39.8 Å². The molecule has 0 saturated carbocycles. The van der Waals surface area contributed by atoms with Crippen LogP contribution >= 0.6 is 0 Å². The summed E-state index contributed by atoms with van der Waals surface area (Å²) < 4.78 is 5.33. The average Bonchev–Trinajstić information content (AvgIpc) is 2.51. The number of hydrogen-bond donors (Lipinski definition) is 3. The second kappa shape index (κ2) is 8.89. The van der Waals surface area contributed by atoms with Crippen molar-refractivity contribution < 1.29 is 14.6 Å². The molecule has 5 nitrogen and oxygen atoms in total. The van der Waals surface area contributed by atoms with Gasteiger partial charge >= 0.3 is 6.03 Å². The summed E-state index contributed by atoms with van der Waals surface area (Å²) in [6, 6.07) is 7.28. The number of carbonyl (C=O) groups excluding carboxylic acids is 1. The summed E-state index contributed by atoms with van der Waals surface area (Å²) >= 11 is 0. The number of ether oxygens (including phenoxy) is 1. The summed E-state index contributed by atoms with van der Waals surface area (Å²) in [4.78, 5) is 12.0. The summed E-state index contributed by atoms with van der Waals surface area (Å²) in [5.41, 5.74) is 1.41. The highest BCUT2D eigenvalue weighted by molar-refractivity contribution is 5.89. The number of hydrogen-bond acceptors (Lipinski definition) is 3. The molecule has 0 aliphatic heterocycles. The summed E-state index contributed by atoms with van der Waals surface area (Å²) in [5, 5.41) is 15.8. The van der Waals surface area contributed by atoms with Gasteiger partial charge in [-0.25, -0.2) is 4.79 Å². The number of carbonyl (C=O) groups is 1. The smallest absolute Gasteiger partial charge is 0.319 e. The Bertz CT molecular complexity index is 484. The van der Waals surface area contributed by atoms with Crippen molar-refractivity contribution in [3.63, 3.8) is 0 Å². The van der Waals surface area contributed by atoms with Crippen molar-refractivity contribution in [1.82, 2.24) is 5.32 Å². The van der Waals surface area contributed by atoms with Crippen LogP contribution in [0.3, 0.4) is 0 Å². The molecule has 0 aliphatic rings. The number of anilines is 1. The Morgan fingerprint density at radius 2 is 1.87 bits per heavy atom. The second-order valence-electron chi connectivity index (χ2n) is 6.82. The maximum atomic E-state index is 12.0. The van der Waals surface area contributed by atoms with Crippen molar-refractivity contribution in [3.8, 4) is 0 Å². The zero-order valence-electron chi connectivity index (χ0n) is 14.8. The number of aliphatic hydroxyl groups is 1. The molecular weight excluding hydrogens is 292 g/mol. The van der Waals surface area contributed by atoms with E-state index >= 15 is 0 Å². The quantitative estimate of drug-likeness (QED) is 0.687. The van der Waals surface area contributed by atoms with Crippen molar-refractivity contribution in [1.29, 1.82) is 0 Å². The highest BCUT2D eigenvalue weighted by atomic mass is 16.5. The van der Waals surface area contributed by atoms with Gasteiger partial charge in [0, 0.05) is 24.3 Å². The van der Waals surface area contributed by atoms with Gasteiger partial charge in [-0.2, -0.15) is 0 Å². The van der Waals surface area contributed by atoms with Gasteiger partial charge in [-0.05, 0) is 30.5 Å². The molecule has 1 aromatic rings. The van der Waals surface area contributed by atoms with E-state index in [1.165, 1.54) is 0 Å². The number of benzene rings is 1. The van der Waals surface area contributed by atoms with E-state index in [1.54, 1.807) is 0 Å². The van der Waals surface area contributed by atoms with Crippen LogP contribution in [0, 0.1) is 11.3 Å². The summed E-state index contributed by atoms with van der Waals surface area (Å²) in [6.07, 6.45) is -0.472. The van der Waals surface area contributed by atoms with Crippen LogP contribution < -0.4 is 10.6 Å². The van der Waals surface area contributed by atoms with Gasteiger partial charge in [0.05, 0.1) is 12.7 Å². The molecule has 1 aromatic carbocycles. The Kier molecular flexibility index (Phi) is 7.52. The molecule has 130 valence electrons.